The van der Waals surface area contributed by atoms with Crippen LogP contribution in [0.2, 0.25) is 0 Å². The Labute approximate surface area is 212 Å². The zero-order valence-corrected chi connectivity index (χ0v) is 21.8. The summed E-state index contributed by atoms with van der Waals surface area (Å²) in [6.07, 6.45) is 5.99. The SMILES string of the molecule is CC(C)=CCCC(C)=CCOc1c(OC(=O)c2ccccc2)c(=O)oc2cc(OC(C)(C)C)ccc12. The van der Waals surface area contributed by atoms with Crippen LogP contribution in [0.4, 0.5) is 0 Å². The van der Waals surface area contributed by atoms with Crippen molar-refractivity contribution < 1.29 is 23.4 Å². The van der Waals surface area contributed by atoms with E-state index in [4.69, 9.17) is 18.6 Å². The van der Waals surface area contributed by atoms with E-state index in [9.17, 15) is 9.59 Å². The fourth-order valence-electron chi connectivity index (χ4n) is 3.47. The highest BCUT2D eigenvalue weighted by atomic mass is 16.6. The standard InChI is InChI=1S/C30H34O6/c1-20(2)11-10-12-21(3)17-18-33-26-24-16-15-23(36-30(4,5)6)19-25(24)34-29(32)27(26)35-28(31)22-13-8-7-9-14-22/h7-9,11,13-17,19H,10,12,18H2,1-6H3. The van der Waals surface area contributed by atoms with Gasteiger partial charge in [-0.15, -0.1) is 0 Å². The number of fused-ring (bicyclic) bond motifs is 1. The molecule has 0 saturated carbocycles. The van der Waals surface area contributed by atoms with Gasteiger partial charge in [0.15, 0.2) is 5.75 Å². The number of esters is 1. The molecule has 190 valence electrons. The maximum atomic E-state index is 12.9. The second-order valence-corrected chi connectivity index (χ2v) is 9.86. The van der Waals surface area contributed by atoms with Crippen LogP contribution in [-0.2, 0) is 0 Å². The minimum absolute atomic E-state index is 0.154. The summed E-state index contributed by atoms with van der Waals surface area (Å²) in [6, 6.07) is 13.6. The van der Waals surface area contributed by atoms with Crippen LogP contribution in [-0.4, -0.2) is 18.2 Å². The van der Waals surface area contributed by atoms with E-state index in [-0.39, 0.29) is 23.7 Å². The van der Waals surface area contributed by atoms with Crippen molar-refractivity contribution in [2.45, 2.75) is 60.0 Å². The van der Waals surface area contributed by atoms with Crippen molar-refractivity contribution in [3.8, 4) is 17.2 Å². The lowest BCUT2D eigenvalue weighted by Crippen LogP contribution is -2.22. The quantitative estimate of drug-likeness (QED) is 0.178. The Bertz CT molecular complexity index is 1320. The van der Waals surface area contributed by atoms with E-state index in [1.54, 1.807) is 48.5 Å². The van der Waals surface area contributed by atoms with Gasteiger partial charge >= 0.3 is 11.6 Å². The summed E-state index contributed by atoms with van der Waals surface area (Å²) in [5.41, 5.74) is 1.79. The van der Waals surface area contributed by atoms with Gasteiger partial charge in [-0.1, -0.05) is 35.4 Å². The molecular formula is C30H34O6. The monoisotopic (exact) mass is 490 g/mol. The second kappa shape index (κ2) is 11.8. The highest BCUT2D eigenvalue weighted by molar-refractivity contribution is 5.93. The average molecular weight is 491 g/mol. The van der Waals surface area contributed by atoms with Gasteiger partial charge in [-0.3, -0.25) is 0 Å². The predicted molar refractivity (Wildman–Crippen MR) is 142 cm³/mol. The maximum absolute atomic E-state index is 12.9. The summed E-state index contributed by atoms with van der Waals surface area (Å²) in [4.78, 5) is 25.7. The molecule has 0 fully saturated rings. The van der Waals surface area contributed by atoms with Gasteiger partial charge in [0.05, 0.1) is 10.9 Å². The van der Waals surface area contributed by atoms with E-state index < -0.39 is 17.2 Å². The smallest absolute Gasteiger partial charge is 0.383 e. The molecule has 0 radical (unpaired) electrons. The van der Waals surface area contributed by atoms with Gasteiger partial charge in [0.25, 0.3) is 5.75 Å². The first-order chi connectivity index (χ1) is 17.0. The summed E-state index contributed by atoms with van der Waals surface area (Å²) in [5.74, 6) is -0.251. The zero-order valence-electron chi connectivity index (χ0n) is 21.8. The van der Waals surface area contributed by atoms with Crippen molar-refractivity contribution in [3.63, 3.8) is 0 Å². The fourth-order valence-corrected chi connectivity index (χ4v) is 3.47. The Morgan fingerprint density at radius 3 is 2.36 bits per heavy atom. The summed E-state index contributed by atoms with van der Waals surface area (Å²) in [5, 5.41) is 0.502. The van der Waals surface area contributed by atoms with Crippen molar-refractivity contribution >= 4 is 16.9 Å². The van der Waals surface area contributed by atoms with E-state index in [1.165, 1.54) is 5.57 Å². The number of hydrogen-bond donors (Lipinski definition) is 0. The van der Waals surface area contributed by atoms with Crippen molar-refractivity contribution in [2.24, 2.45) is 0 Å². The molecular weight excluding hydrogens is 456 g/mol. The molecule has 3 rings (SSSR count). The first-order valence-corrected chi connectivity index (χ1v) is 12.0. The molecule has 2 aromatic carbocycles. The average Bonchev–Trinajstić information content (AvgIpc) is 2.80. The fraction of sp³-hybridized carbons (Fsp3) is 0.333. The number of hydrogen-bond acceptors (Lipinski definition) is 6. The van der Waals surface area contributed by atoms with E-state index in [2.05, 4.69) is 19.9 Å². The topological polar surface area (TPSA) is 75.0 Å². The highest BCUT2D eigenvalue weighted by Gasteiger charge is 2.22. The molecule has 0 unspecified atom stereocenters. The van der Waals surface area contributed by atoms with Gasteiger partial charge < -0.3 is 18.6 Å². The third kappa shape index (κ3) is 7.60. The minimum atomic E-state index is -0.807. The van der Waals surface area contributed by atoms with Crippen LogP contribution >= 0.6 is 0 Å². The van der Waals surface area contributed by atoms with Gasteiger partial charge in [0, 0.05) is 6.07 Å². The Morgan fingerprint density at radius 2 is 1.69 bits per heavy atom. The number of carbonyl (C=O) groups is 1. The van der Waals surface area contributed by atoms with Crippen LogP contribution in [0, 0.1) is 0 Å². The number of allylic oxidation sites excluding steroid dienone is 3. The number of ether oxygens (including phenoxy) is 3. The second-order valence-electron chi connectivity index (χ2n) is 9.86. The number of carbonyl (C=O) groups excluding carboxylic acids is 1. The van der Waals surface area contributed by atoms with Crippen molar-refractivity contribution in [1.29, 1.82) is 0 Å². The van der Waals surface area contributed by atoms with Gasteiger partial charge in [0.2, 0.25) is 0 Å². The normalized spacial score (nSPS) is 11.8. The molecule has 0 aliphatic carbocycles. The van der Waals surface area contributed by atoms with E-state index in [0.717, 1.165) is 18.4 Å². The predicted octanol–water partition coefficient (Wildman–Crippen LogP) is 7.26. The molecule has 0 bridgehead atoms. The molecule has 0 atom stereocenters. The van der Waals surface area contributed by atoms with Crippen LogP contribution in [0.15, 0.2) is 81.0 Å². The maximum Gasteiger partial charge on any atom is 0.383 e. The third-order valence-corrected chi connectivity index (χ3v) is 5.17. The molecule has 6 heteroatoms. The van der Waals surface area contributed by atoms with Crippen LogP contribution in [0.1, 0.15) is 64.7 Å². The molecule has 0 aliphatic heterocycles. The molecule has 36 heavy (non-hydrogen) atoms. The van der Waals surface area contributed by atoms with E-state index in [0.29, 0.717) is 16.7 Å². The van der Waals surface area contributed by atoms with Gasteiger partial charge in [0.1, 0.15) is 23.5 Å². The Balaban J connectivity index is 1.96. The van der Waals surface area contributed by atoms with Crippen molar-refractivity contribution in [1.82, 2.24) is 0 Å². The molecule has 6 nitrogen and oxygen atoms in total. The van der Waals surface area contributed by atoms with Crippen molar-refractivity contribution in [2.75, 3.05) is 6.61 Å². The lowest BCUT2D eigenvalue weighted by atomic mass is 10.1. The summed E-state index contributed by atoms with van der Waals surface area (Å²) in [6.45, 7) is 12.2. The molecule has 0 aliphatic rings. The summed E-state index contributed by atoms with van der Waals surface area (Å²) >= 11 is 0. The Hall–Kier alpha value is -3.80. The highest BCUT2D eigenvalue weighted by Crippen LogP contribution is 2.35. The molecule has 3 aromatic rings. The zero-order chi connectivity index (χ0) is 26.3. The van der Waals surface area contributed by atoms with Crippen LogP contribution in [0.3, 0.4) is 0 Å². The molecule has 0 N–H and O–H groups in total. The first kappa shape index (κ1) is 26.8. The van der Waals surface area contributed by atoms with Crippen LogP contribution in [0.5, 0.6) is 17.2 Å². The van der Waals surface area contributed by atoms with Gasteiger partial charge in [-0.25, -0.2) is 9.59 Å². The Morgan fingerprint density at radius 1 is 0.972 bits per heavy atom. The third-order valence-electron chi connectivity index (χ3n) is 5.17. The van der Waals surface area contributed by atoms with E-state index in [1.807, 2.05) is 33.8 Å². The molecule has 1 aromatic heterocycles. The van der Waals surface area contributed by atoms with Crippen LogP contribution < -0.4 is 19.8 Å². The number of benzene rings is 2. The molecule has 0 saturated heterocycles. The molecule has 1 heterocycles. The van der Waals surface area contributed by atoms with Gasteiger partial charge in [-0.2, -0.15) is 0 Å². The molecule has 0 amide bonds. The molecule has 0 spiro atoms. The van der Waals surface area contributed by atoms with Crippen molar-refractivity contribution in [3.05, 3.63) is 87.8 Å². The largest absolute Gasteiger partial charge is 0.488 e. The van der Waals surface area contributed by atoms with Gasteiger partial charge in [-0.05, 0) is 84.7 Å². The number of rotatable bonds is 9. The lowest BCUT2D eigenvalue weighted by Gasteiger charge is -2.21. The minimum Gasteiger partial charge on any atom is -0.488 e. The summed E-state index contributed by atoms with van der Waals surface area (Å²) in [7, 11) is 0. The summed E-state index contributed by atoms with van der Waals surface area (Å²) < 4.78 is 23.0. The lowest BCUT2D eigenvalue weighted by molar-refractivity contribution is 0.0722. The Kier molecular flexibility index (Phi) is 8.75. The first-order valence-electron chi connectivity index (χ1n) is 12.0. The van der Waals surface area contributed by atoms with Crippen LogP contribution in [0.25, 0.3) is 11.0 Å². The van der Waals surface area contributed by atoms with E-state index >= 15 is 0 Å².